The highest BCUT2D eigenvalue weighted by Crippen LogP contribution is 2.29. The van der Waals surface area contributed by atoms with Crippen molar-refractivity contribution in [3.63, 3.8) is 0 Å². The first kappa shape index (κ1) is 13.6. The smallest absolute Gasteiger partial charge is 0.227 e. The zero-order valence-electron chi connectivity index (χ0n) is 11.9. The minimum absolute atomic E-state index is 0.251. The second kappa shape index (κ2) is 6.35. The number of carbonyl (C=O) groups excluding carboxylic acids is 1. The molecule has 2 aliphatic heterocycles. The maximum atomic E-state index is 12.3. The molecule has 4 nitrogen and oxygen atoms in total. The quantitative estimate of drug-likeness (QED) is 0.907. The Kier molecular flexibility index (Phi) is 4.31. The normalized spacial score (nSPS) is 24.0. The van der Waals surface area contributed by atoms with E-state index < -0.39 is 0 Å². The molecule has 1 aromatic rings. The highest BCUT2D eigenvalue weighted by atomic mass is 16.2. The van der Waals surface area contributed by atoms with Crippen LogP contribution in [0.3, 0.4) is 0 Å². The predicted octanol–water partition coefficient (Wildman–Crippen LogP) is 1.47. The fourth-order valence-electron chi connectivity index (χ4n) is 3.49. The van der Waals surface area contributed by atoms with Gasteiger partial charge in [-0.05, 0) is 55.8 Å². The fourth-order valence-corrected chi connectivity index (χ4v) is 3.49. The van der Waals surface area contributed by atoms with E-state index in [4.69, 9.17) is 0 Å². The van der Waals surface area contributed by atoms with Gasteiger partial charge < -0.3 is 10.2 Å². The van der Waals surface area contributed by atoms with Gasteiger partial charge in [0.15, 0.2) is 0 Å². The number of likely N-dealkylation sites (tertiary alicyclic amines) is 1. The van der Waals surface area contributed by atoms with Gasteiger partial charge in [-0.3, -0.25) is 9.78 Å². The van der Waals surface area contributed by atoms with E-state index in [2.05, 4.69) is 10.3 Å². The van der Waals surface area contributed by atoms with Crippen LogP contribution in [-0.4, -0.2) is 42.0 Å². The molecule has 1 unspecified atom stereocenters. The molecule has 0 saturated carbocycles. The van der Waals surface area contributed by atoms with Crippen LogP contribution in [0.2, 0.25) is 0 Å². The lowest BCUT2D eigenvalue weighted by Gasteiger charge is -2.34. The monoisotopic (exact) mass is 273 g/mol. The van der Waals surface area contributed by atoms with E-state index in [1.165, 1.54) is 32.4 Å². The number of aromatic nitrogens is 1. The van der Waals surface area contributed by atoms with Gasteiger partial charge in [0.2, 0.25) is 5.91 Å². The topological polar surface area (TPSA) is 45.2 Å². The maximum Gasteiger partial charge on any atom is 0.227 e. The lowest BCUT2D eigenvalue weighted by Crippen LogP contribution is -2.41. The molecule has 0 radical (unpaired) electrons. The molecule has 1 amide bonds. The van der Waals surface area contributed by atoms with E-state index in [9.17, 15) is 4.79 Å². The lowest BCUT2D eigenvalue weighted by molar-refractivity contribution is -0.132. The second-order valence-electron chi connectivity index (χ2n) is 6.01. The Balaban J connectivity index is 1.49. The van der Waals surface area contributed by atoms with Crippen molar-refractivity contribution in [1.29, 1.82) is 0 Å². The number of hydrogen-bond acceptors (Lipinski definition) is 3. The molecule has 0 aromatic carbocycles. The molecule has 3 heterocycles. The molecule has 3 rings (SSSR count). The van der Waals surface area contributed by atoms with Crippen molar-refractivity contribution in [2.24, 2.45) is 11.8 Å². The number of carbonyl (C=O) groups is 1. The Bertz CT molecular complexity index is 434. The molecule has 4 heteroatoms. The zero-order chi connectivity index (χ0) is 13.8. The molecule has 2 aliphatic rings. The summed E-state index contributed by atoms with van der Waals surface area (Å²) in [7, 11) is 0. The maximum absolute atomic E-state index is 12.3. The summed E-state index contributed by atoms with van der Waals surface area (Å²) >= 11 is 0. The number of nitrogens with one attached hydrogen (secondary N) is 1. The van der Waals surface area contributed by atoms with Gasteiger partial charge in [-0.1, -0.05) is 6.07 Å². The Morgan fingerprint density at radius 1 is 1.30 bits per heavy atom. The van der Waals surface area contributed by atoms with Gasteiger partial charge in [-0.2, -0.15) is 0 Å². The summed E-state index contributed by atoms with van der Waals surface area (Å²) in [6.07, 6.45) is 7.68. The summed E-state index contributed by atoms with van der Waals surface area (Å²) in [6.45, 7) is 4.21. The second-order valence-corrected chi connectivity index (χ2v) is 6.01. The van der Waals surface area contributed by atoms with Gasteiger partial charge in [0.25, 0.3) is 0 Å². The van der Waals surface area contributed by atoms with Crippen LogP contribution in [0.15, 0.2) is 24.5 Å². The lowest BCUT2D eigenvalue weighted by atomic mass is 9.83. The summed E-state index contributed by atoms with van der Waals surface area (Å²) in [6, 6.07) is 3.86. The van der Waals surface area contributed by atoms with Crippen LogP contribution < -0.4 is 5.32 Å². The molecule has 0 aliphatic carbocycles. The SMILES string of the molecule is O=C(Cc1cccnc1)N1CCC(C2CCNC2)CC1. The zero-order valence-corrected chi connectivity index (χ0v) is 11.9. The van der Waals surface area contributed by atoms with Crippen molar-refractivity contribution in [3.8, 4) is 0 Å². The first-order valence-electron chi connectivity index (χ1n) is 7.70. The van der Waals surface area contributed by atoms with E-state index in [0.717, 1.165) is 30.5 Å². The van der Waals surface area contributed by atoms with E-state index in [0.29, 0.717) is 6.42 Å². The van der Waals surface area contributed by atoms with Crippen LogP contribution in [-0.2, 0) is 11.2 Å². The summed E-state index contributed by atoms with van der Waals surface area (Å²) in [5, 5.41) is 3.45. The molecule has 20 heavy (non-hydrogen) atoms. The largest absolute Gasteiger partial charge is 0.342 e. The average molecular weight is 273 g/mol. The Morgan fingerprint density at radius 3 is 2.80 bits per heavy atom. The fraction of sp³-hybridized carbons (Fsp3) is 0.625. The molecule has 2 fully saturated rings. The molecular weight excluding hydrogens is 250 g/mol. The number of amides is 1. The van der Waals surface area contributed by atoms with Crippen LogP contribution in [0.4, 0.5) is 0 Å². The van der Waals surface area contributed by atoms with Crippen LogP contribution in [0.25, 0.3) is 0 Å². The van der Waals surface area contributed by atoms with Crippen LogP contribution in [0, 0.1) is 11.8 Å². The van der Waals surface area contributed by atoms with Gasteiger partial charge in [0.05, 0.1) is 6.42 Å². The van der Waals surface area contributed by atoms with Crippen LogP contribution in [0.1, 0.15) is 24.8 Å². The molecule has 1 N–H and O–H groups in total. The number of hydrogen-bond donors (Lipinski definition) is 1. The third-order valence-electron chi connectivity index (χ3n) is 4.74. The van der Waals surface area contributed by atoms with E-state index >= 15 is 0 Å². The molecule has 1 aromatic heterocycles. The molecule has 0 spiro atoms. The van der Waals surface area contributed by atoms with E-state index in [1.54, 1.807) is 12.4 Å². The molecular formula is C16H23N3O. The number of nitrogens with zero attached hydrogens (tertiary/aromatic N) is 2. The Morgan fingerprint density at radius 2 is 2.15 bits per heavy atom. The van der Waals surface area contributed by atoms with Crippen molar-refractivity contribution < 1.29 is 4.79 Å². The van der Waals surface area contributed by atoms with Crippen LogP contribution in [0.5, 0.6) is 0 Å². The predicted molar refractivity (Wildman–Crippen MR) is 78.2 cm³/mol. The molecule has 0 bridgehead atoms. The Hall–Kier alpha value is -1.42. The van der Waals surface area contributed by atoms with Gasteiger partial charge >= 0.3 is 0 Å². The molecule has 1 atom stereocenters. The van der Waals surface area contributed by atoms with E-state index in [1.807, 2.05) is 17.0 Å². The summed E-state index contributed by atoms with van der Waals surface area (Å²) in [4.78, 5) is 18.4. The van der Waals surface area contributed by atoms with Gasteiger partial charge in [0, 0.05) is 25.5 Å². The minimum atomic E-state index is 0.251. The van der Waals surface area contributed by atoms with Gasteiger partial charge in [-0.15, -0.1) is 0 Å². The first-order valence-corrected chi connectivity index (χ1v) is 7.70. The van der Waals surface area contributed by atoms with Gasteiger partial charge in [-0.25, -0.2) is 0 Å². The summed E-state index contributed by atoms with van der Waals surface area (Å²) in [5.74, 6) is 1.90. The third kappa shape index (κ3) is 3.18. The van der Waals surface area contributed by atoms with Crippen molar-refractivity contribution in [3.05, 3.63) is 30.1 Å². The summed E-state index contributed by atoms with van der Waals surface area (Å²) < 4.78 is 0. The standard InChI is InChI=1S/C16H23N3O/c20-16(10-13-2-1-6-17-11-13)19-8-4-14(5-9-19)15-3-7-18-12-15/h1-2,6,11,14-15,18H,3-5,7-10,12H2. The first-order chi connectivity index (χ1) is 9.83. The van der Waals surface area contributed by atoms with Crippen molar-refractivity contribution >= 4 is 5.91 Å². The van der Waals surface area contributed by atoms with E-state index in [-0.39, 0.29) is 5.91 Å². The summed E-state index contributed by atoms with van der Waals surface area (Å²) in [5.41, 5.74) is 1.01. The van der Waals surface area contributed by atoms with Crippen molar-refractivity contribution in [2.45, 2.75) is 25.7 Å². The van der Waals surface area contributed by atoms with Gasteiger partial charge in [0.1, 0.15) is 0 Å². The number of piperidine rings is 1. The highest BCUT2D eigenvalue weighted by molar-refractivity contribution is 5.78. The third-order valence-corrected chi connectivity index (χ3v) is 4.74. The minimum Gasteiger partial charge on any atom is -0.342 e. The van der Waals surface area contributed by atoms with Crippen LogP contribution >= 0.6 is 0 Å². The highest BCUT2D eigenvalue weighted by Gasteiger charge is 2.29. The average Bonchev–Trinajstić information content (AvgIpc) is 3.03. The number of pyridine rings is 1. The molecule has 108 valence electrons. The molecule has 2 saturated heterocycles. The Labute approximate surface area is 120 Å². The van der Waals surface area contributed by atoms with Crippen molar-refractivity contribution in [1.82, 2.24) is 15.2 Å². The number of rotatable bonds is 3. The van der Waals surface area contributed by atoms with Crippen molar-refractivity contribution in [2.75, 3.05) is 26.2 Å².